The zero-order valence-electron chi connectivity index (χ0n) is 40.7. The minimum atomic E-state index is -0.555. The van der Waals surface area contributed by atoms with Crippen LogP contribution >= 0.6 is 0 Å². The highest BCUT2D eigenvalue weighted by Crippen LogP contribution is 2.58. The number of nitrogens with zero attached hydrogens (tertiary/aromatic N) is 1. The molecule has 13 aromatic carbocycles. The monoisotopic (exact) mass is 939 g/mol. The fourth-order valence-electron chi connectivity index (χ4n) is 12.3. The van der Waals surface area contributed by atoms with Crippen LogP contribution in [0.1, 0.15) is 22.3 Å². The summed E-state index contributed by atoms with van der Waals surface area (Å²) >= 11 is 0. The summed E-state index contributed by atoms with van der Waals surface area (Å²) in [7, 11) is 0. The van der Waals surface area contributed by atoms with Crippen LogP contribution in [0.4, 0.5) is 17.1 Å². The van der Waals surface area contributed by atoms with Crippen molar-refractivity contribution >= 4 is 49.4 Å². The highest BCUT2D eigenvalue weighted by molar-refractivity contribution is 6.22. The Hall–Kier alpha value is -9.56. The summed E-state index contributed by atoms with van der Waals surface area (Å²) < 4.78 is 0. The molecular formula is C73H49N. The van der Waals surface area contributed by atoms with Crippen molar-refractivity contribution in [3.8, 4) is 55.6 Å². The summed E-state index contributed by atoms with van der Waals surface area (Å²) in [6, 6.07) is 110. The standard InChI is InChI=1S/C73H49N/c1-5-22-52(23-6-1)71-66-34-16-15-32-62(66)63-45-41-56(48-67(63)72(71)53-24-7-2-8-25-53)61-31-18-20-36-70(61)74(59-42-39-51(40-43-59)55-38-37-50-21-13-14-26-54(50)47-55)60-44-46-65-64-33-17-19-35-68(64)73(69(65)49-60,57-27-9-3-10-28-57)58-29-11-4-12-30-58/h1-49H. The van der Waals surface area contributed by atoms with E-state index in [1.807, 2.05) is 0 Å². The molecule has 0 atom stereocenters. The smallest absolute Gasteiger partial charge is 0.0714 e. The molecule has 1 aliphatic carbocycles. The SMILES string of the molecule is c1ccc(-c2c(-c3ccccc3)c3cc(-c4ccccc4N(c4ccc(-c5ccc6ccccc6c5)cc4)c4ccc5c(c4)C(c4ccccc4)(c4ccccc4)c4ccccc4-5)ccc3c3ccccc23)cc1. The second-order valence-corrected chi connectivity index (χ2v) is 19.5. The molecule has 346 valence electrons. The van der Waals surface area contributed by atoms with Gasteiger partial charge in [-0.2, -0.15) is 0 Å². The van der Waals surface area contributed by atoms with Crippen molar-refractivity contribution in [2.45, 2.75) is 5.41 Å². The predicted octanol–water partition coefficient (Wildman–Crippen LogP) is 19.6. The molecule has 0 aliphatic heterocycles. The van der Waals surface area contributed by atoms with Gasteiger partial charge in [0.05, 0.1) is 11.1 Å². The molecule has 74 heavy (non-hydrogen) atoms. The van der Waals surface area contributed by atoms with Crippen LogP contribution in [0.3, 0.4) is 0 Å². The van der Waals surface area contributed by atoms with Gasteiger partial charge in [0.1, 0.15) is 0 Å². The minimum Gasteiger partial charge on any atom is -0.310 e. The number of fused-ring (bicyclic) bond motifs is 7. The van der Waals surface area contributed by atoms with Gasteiger partial charge >= 0.3 is 0 Å². The number of anilines is 3. The van der Waals surface area contributed by atoms with Gasteiger partial charge in [-0.15, -0.1) is 0 Å². The van der Waals surface area contributed by atoms with Crippen molar-refractivity contribution in [3.05, 3.63) is 320 Å². The maximum Gasteiger partial charge on any atom is 0.0714 e. The van der Waals surface area contributed by atoms with Crippen LogP contribution in [0, 0.1) is 0 Å². The summed E-state index contributed by atoms with van der Waals surface area (Å²) in [5, 5.41) is 7.42. The zero-order valence-corrected chi connectivity index (χ0v) is 40.7. The third kappa shape index (κ3) is 7.00. The number of hydrogen-bond donors (Lipinski definition) is 0. The number of benzene rings is 13. The Kier molecular flexibility index (Phi) is 10.5. The van der Waals surface area contributed by atoms with Gasteiger partial charge in [0.15, 0.2) is 0 Å². The number of para-hydroxylation sites is 1. The molecule has 1 aliphatic rings. The number of hydrogen-bond acceptors (Lipinski definition) is 1. The van der Waals surface area contributed by atoms with E-state index in [1.165, 1.54) is 99.1 Å². The molecule has 0 saturated carbocycles. The quantitative estimate of drug-likeness (QED) is 0.130. The average Bonchev–Trinajstić information content (AvgIpc) is 3.79. The number of rotatable bonds is 9. The van der Waals surface area contributed by atoms with E-state index in [0.717, 1.165) is 28.2 Å². The van der Waals surface area contributed by atoms with E-state index in [0.29, 0.717) is 0 Å². The van der Waals surface area contributed by atoms with Gasteiger partial charge in [0.2, 0.25) is 0 Å². The second-order valence-electron chi connectivity index (χ2n) is 19.5. The van der Waals surface area contributed by atoms with Gasteiger partial charge in [0, 0.05) is 16.9 Å². The molecule has 0 saturated heterocycles. The Morgan fingerprint density at radius 3 is 1.45 bits per heavy atom. The van der Waals surface area contributed by atoms with Gasteiger partial charge in [-0.25, -0.2) is 0 Å². The van der Waals surface area contributed by atoms with Crippen LogP contribution in [0.25, 0.3) is 88.0 Å². The van der Waals surface area contributed by atoms with E-state index in [2.05, 4.69) is 302 Å². The largest absolute Gasteiger partial charge is 0.310 e. The first-order valence-corrected chi connectivity index (χ1v) is 25.7. The molecule has 0 fully saturated rings. The summed E-state index contributed by atoms with van der Waals surface area (Å²) in [6.07, 6.45) is 0. The molecule has 0 radical (unpaired) electrons. The molecule has 0 amide bonds. The maximum atomic E-state index is 2.49. The van der Waals surface area contributed by atoms with Gasteiger partial charge in [-0.3, -0.25) is 0 Å². The van der Waals surface area contributed by atoms with E-state index < -0.39 is 5.41 Å². The average molecular weight is 940 g/mol. The first kappa shape index (κ1) is 43.2. The molecule has 0 bridgehead atoms. The molecule has 1 nitrogen and oxygen atoms in total. The molecule has 0 spiro atoms. The van der Waals surface area contributed by atoms with Crippen LogP contribution in [-0.2, 0) is 5.41 Å². The van der Waals surface area contributed by atoms with E-state index >= 15 is 0 Å². The van der Waals surface area contributed by atoms with Crippen LogP contribution in [0.2, 0.25) is 0 Å². The zero-order chi connectivity index (χ0) is 49.0. The van der Waals surface area contributed by atoms with Gasteiger partial charge in [-0.1, -0.05) is 255 Å². The van der Waals surface area contributed by atoms with Crippen LogP contribution in [0.5, 0.6) is 0 Å². The summed E-state index contributed by atoms with van der Waals surface area (Å²) in [5.41, 5.74) is 19.8. The van der Waals surface area contributed by atoms with Crippen molar-refractivity contribution in [2.24, 2.45) is 0 Å². The lowest BCUT2D eigenvalue weighted by Gasteiger charge is -2.35. The molecule has 0 aromatic heterocycles. The van der Waals surface area contributed by atoms with Gasteiger partial charge in [0.25, 0.3) is 0 Å². The first-order chi connectivity index (χ1) is 36.7. The summed E-state index contributed by atoms with van der Waals surface area (Å²) in [4.78, 5) is 2.49. The highest BCUT2D eigenvalue weighted by atomic mass is 15.1. The summed E-state index contributed by atoms with van der Waals surface area (Å²) in [5.74, 6) is 0. The lowest BCUT2D eigenvalue weighted by molar-refractivity contribution is 0.768. The lowest BCUT2D eigenvalue weighted by atomic mass is 9.67. The van der Waals surface area contributed by atoms with Crippen LogP contribution in [-0.4, -0.2) is 0 Å². The van der Waals surface area contributed by atoms with Crippen LogP contribution in [0.15, 0.2) is 297 Å². The fourth-order valence-corrected chi connectivity index (χ4v) is 12.3. The Morgan fingerprint density at radius 1 is 0.243 bits per heavy atom. The maximum absolute atomic E-state index is 2.49. The minimum absolute atomic E-state index is 0.555. The van der Waals surface area contributed by atoms with Crippen molar-refractivity contribution in [1.29, 1.82) is 0 Å². The second kappa shape index (κ2) is 17.9. The molecule has 1 heteroatoms. The van der Waals surface area contributed by atoms with E-state index in [1.54, 1.807) is 0 Å². The Morgan fingerprint density at radius 2 is 0.743 bits per heavy atom. The van der Waals surface area contributed by atoms with Crippen molar-refractivity contribution in [3.63, 3.8) is 0 Å². The molecule has 14 rings (SSSR count). The Balaban J connectivity index is 1.01. The van der Waals surface area contributed by atoms with Gasteiger partial charge in [-0.05, 0) is 147 Å². The highest BCUT2D eigenvalue weighted by Gasteiger charge is 2.46. The van der Waals surface area contributed by atoms with E-state index in [4.69, 9.17) is 0 Å². The van der Waals surface area contributed by atoms with Crippen molar-refractivity contribution in [1.82, 2.24) is 0 Å². The van der Waals surface area contributed by atoms with E-state index in [9.17, 15) is 0 Å². The Labute approximate surface area is 432 Å². The Bertz CT molecular complexity index is 4180. The normalized spacial score (nSPS) is 12.4. The third-order valence-corrected chi connectivity index (χ3v) is 15.5. The van der Waals surface area contributed by atoms with E-state index in [-0.39, 0.29) is 0 Å². The lowest BCUT2D eigenvalue weighted by Crippen LogP contribution is -2.28. The molecule has 13 aromatic rings. The molecule has 0 N–H and O–H groups in total. The molecule has 0 heterocycles. The topological polar surface area (TPSA) is 3.24 Å². The predicted molar refractivity (Wildman–Crippen MR) is 313 cm³/mol. The molecule has 0 unspecified atom stereocenters. The van der Waals surface area contributed by atoms with Crippen molar-refractivity contribution in [2.75, 3.05) is 4.90 Å². The summed E-state index contributed by atoms with van der Waals surface area (Å²) in [6.45, 7) is 0. The molecular weight excluding hydrogens is 891 g/mol. The van der Waals surface area contributed by atoms with Crippen LogP contribution < -0.4 is 4.90 Å². The fraction of sp³-hybridized carbons (Fsp3) is 0.0137. The van der Waals surface area contributed by atoms with Gasteiger partial charge < -0.3 is 4.90 Å². The van der Waals surface area contributed by atoms with Crippen molar-refractivity contribution < 1.29 is 0 Å². The first-order valence-electron chi connectivity index (χ1n) is 25.7. The third-order valence-electron chi connectivity index (χ3n) is 15.5.